The van der Waals surface area contributed by atoms with E-state index in [1.165, 1.54) is 0 Å². The summed E-state index contributed by atoms with van der Waals surface area (Å²) in [6.45, 7) is 0.706. The Morgan fingerprint density at radius 3 is 2.84 bits per heavy atom. The van der Waals surface area contributed by atoms with Gasteiger partial charge in [0.15, 0.2) is 0 Å². The fraction of sp³-hybridized carbons (Fsp3) is 0.154. The molecule has 0 amide bonds. The topological polar surface area (TPSA) is 74.5 Å². The van der Waals surface area contributed by atoms with Crippen LogP contribution >= 0.6 is 0 Å². The lowest BCUT2D eigenvalue weighted by atomic mass is 10.2. The van der Waals surface area contributed by atoms with Crippen molar-refractivity contribution in [2.75, 3.05) is 5.73 Å². The van der Waals surface area contributed by atoms with Crippen molar-refractivity contribution in [1.29, 1.82) is 0 Å². The lowest BCUT2D eigenvalue weighted by Crippen LogP contribution is -2.01. The van der Waals surface area contributed by atoms with E-state index < -0.39 is 0 Å². The highest BCUT2D eigenvalue weighted by atomic mass is 15.2. The predicted octanol–water partition coefficient (Wildman–Crippen LogP) is 1.31. The van der Waals surface area contributed by atoms with Crippen LogP contribution in [0, 0.1) is 0 Å². The van der Waals surface area contributed by atoms with Crippen LogP contribution in [0.25, 0.3) is 11.3 Å². The maximum atomic E-state index is 5.98. The normalized spacial score (nSPS) is 10.8. The zero-order valence-corrected chi connectivity index (χ0v) is 10.6. The van der Waals surface area contributed by atoms with E-state index in [0.717, 1.165) is 16.8 Å². The van der Waals surface area contributed by atoms with Gasteiger partial charge in [-0.2, -0.15) is 5.10 Å². The van der Waals surface area contributed by atoms with Gasteiger partial charge in [-0.25, -0.2) is 4.98 Å². The minimum Gasteiger partial charge on any atom is -0.398 e. The first-order valence-corrected chi connectivity index (χ1v) is 5.91. The van der Waals surface area contributed by atoms with Crippen LogP contribution < -0.4 is 5.73 Å². The quantitative estimate of drug-likeness (QED) is 0.764. The van der Waals surface area contributed by atoms with Crippen molar-refractivity contribution < 1.29 is 0 Å². The van der Waals surface area contributed by atoms with Crippen molar-refractivity contribution in [1.82, 2.24) is 24.3 Å². The molecule has 0 saturated heterocycles. The summed E-state index contributed by atoms with van der Waals surface area (Å²) < 4.78 is 3.81. The molecule has 0 spiro atoms. The van der Waals surface area contributed by atoms with Gasteiger partial charge in [0.1, 0.15) is 0 Å². The number of rotatable bonds is 3. The van der Waals surface area contributed by atoms with Gasteiger partial charge in [0, 0.05) is 42.5 Å². The first-order chi connectivity index (χ1) is 9.24. The first kappa shape index (κ1) is 11.5. The zero-order chi connectivity index (χ0) is 13.2. The van der Waals surface area contributed by atoms with Gasteiger partial charge in [0.25, 0.3) is 0 Å². The van der Waals surface area contributed by atoms with Gasteiger partial charge in [-0.3, -0.25) is 9.67 Å². The molecule has 0 unspecified atom stereocenters. The van der Waals surface area contributed by atoms with Crippen molar-refractivity contribution in [2.24, 2.45) is 7.05 Å². The van der Waals surface area contributed by atoms with Gasteiger partial charge in [-0.05, 0) is 6.07 Å². The molecule has 0 fully saturated rings. The lowest BCUT2D eigenvalue weighted by molar-refractivity contribution is 0.763. The molecule has 0 aliphatic carbocycles. The van der Waals surface area contributed by atoms with Gasteiger partial charge in [-0.1, -0.05) is 0 Å². The Kier molecular flexibility index (Phi) is 2.75. The SMILES string of the molecule is Cn1cc(Cn2cncc2-c2cnccc2N)cn1. The second kappa shape index (κ2) is 4.56. The number of pyridine rings is 1. The van der Waals surface area contributed by atoms with Crippen LogP contribution in [0.1, 0.15) is 5.56 Å². The van der Waals surface area contributed by atoms with E-state index in [1.807, 2.05) is 24.0 Å². The molecular formula is C13H14N6. The molecule has 2 N–H and O–H groups in total. The molecular weight excluding hydrogens is 240 g/mol. The average Bonchev–Trinajstić information content (AvgIpc) is 3.00. The van der Waals surface area contributed by atoms with Gasteiger partial charge < -0.3 is 10.3 Å². The largest absolute Gasteiger partial charge is 0.398 e. The van der Waals surface area contributed by atoms with E-state index in [2.05, 4.69) is 15.1 Å². The molecule has 19 heavy (non-hydrogen) atoms. The number of hydrogen-bond acceptors (Lipinski definition) is 4. The van der Waals surface area contributed by atoms with E-state index in [9.17, 15) is 0 Å². The predicted molar refractivity (Wildman–Crippen MR) is 72.2 cm³/mol. The second-order valence-corrected chi connectivity index (χ2v) is 4.39. The van der Waals surface area contributed by atoms with E-state index in [4.69, 9.17) is 5.73 Å². The van der Waals surface area contributed by atoms with E-state index in [-0.39, 0.29) is 0 Å². The van der Waals surface area contributed by atoms with Gasteiger partial charge >= 0.3 is 0 Å². The van der Waals surface area contributed by atoms with E-state index >= 15 is 0 Å². The van der Waals surface area contributed by atoms with Crippen LogP contribution in [0.3, 0.4) is 0 Å². The first-order valence-electron chi connectivity index (χ1n) is 5.91. The van der Waals surface area contributed by atoms with E-state index in [1.54, 1.807) is 35.7 Å². The number of anilines is 1. The van der Waals surface area contributed by atoms with E-state index in [0.29, 0.717) is 12.2 Å². The number of nitrogens with zero attached hydrogens (tertiary/aromatic N) is 5. The van der Waals surface area contributed by atoms with Crippen molar-refractivity contribution in [3.05, 3.63) is 48.9 Å². The summed E-state index contributed by atoms with van der Waals surface area (Å²) in [5.74, 6) is 0. The molecule has 3 aromatic heterocycles. The molecule has 0 bridgehead atoms. The van der Waals surface area contributed by atoms with Crippen LogP contribution in [0.15, 0.2) is 43.4 Å². The molecule has 0 atom stereocenters. The second-order valence-electron chi connectivity index (χ2n) is 4.39. The molecule has 0 radical (unpaired) electrons. The third kappa shape index (κ3) is 2.20. The molecule has 0 aliphatic heterocycles. The highest BCUT2D eigenvalue weighted by molar-refractivity contribution is 5.72. The van der Waals surface area contributed by atoms with Crippen molar-refractivity contribution >= 4 is 5.69 Å². The molecule has 6 heteroatoms. The number of aryl methyl sites for hydroxylation is 1. The molecule has 3 rings (SSSR count). The van der Waals surface area contributed by atoms with Gasteiger partial charge in [0.2, 0.25) is 0 Å². The highest BCUT2D eigenvalue weighted by Gasteiger charge is 2.09. The Balaban J connectivity index is 1.97. The summed E-state index contributed by atoms with van der Waals surface area (Å²) >= 11 is 0. The maximum Gasteiger partial charge on any atom is 0.0954 e. The third-order valence-electron chi connectivity index (χ3n) is 2.95. The monoisotopic (exact) mass is 254 g/mol. The number of nitrogen functional groups attached to an aromatic ring is 1. The Bertz CT molecular complexity index is 696. The van der Waals surface area contributed by atoms with Crippen LogP contribution in [0.5, 0.6) is 0 Å². The lowest BCUT2D eigenvalue weighted by Gasteiger charge is -2.08. The summed E-state index contributed by atoms with van der Waals surface area (Å²) in [6.07, 6.45) is 10.8. The number of imidazole rings is 1. The van der Waals surface area contributed by atoms with Gasteiger partial charge in [0.05, 0.1) is 31.0 Å². The average molecular weight is 254 g/mol. The van der Waals surface area contributed by atoms with Crippen LogP contribution in [0.4, 0.5) is 5.69 Å². The Morgan fingerprint density at radius 1 is 1.21 bits per heavy atom. The van der Waals surface area contributed by atoms with Crippen molar-refractivity contribution in [3.8, 4) is 11.3 Å². The Labute approximate surface area is 110 Å². The standard InChI is InChI=1S/C13H14N6/c1-18-7-10(4-17-18)8-19-9-16-6-13(19)11-5-15-3-2-12(11)14/h2-7,9H,8H2,1H3,(H2,14,15). The van der Waals surface area contributed by atoms with Crippen LogP contribution in [0.2, 0.25) is 0 Å². The zero-order valence-electron chi connectivity index (χ0n) is 10.6. The fourth-order valence-electron chi connectivity index (χ4n) is 2.04. The Morgan fingerprint density at radius 2 is 2.11 bits per heavy atom. The molecule has 0 saturated carbocycles. The smallest absolute Gasteiger partial charge is 0.0954 e. The molecule has 3 aromatic rings. The third-order valence-corrected chi connectivity index (χ3v) is 2.95. The molecule has 0 aromatic carbocycles. The summed E-state index contributed by atoms with van der Waals surface area (Å²) in [5.41, 5.74) is 9.64. The van der Waals surface area contributed by atoms with Crippen molar-refractivity contribution in [2.45, 2.75) is 6.54 Å². The molecule has 6 nitrogen and oxygen atoms in total. The minimum atomic E-state index is 0.697. The molecule has 96 valence electrons. The van der Waals surface area contributed by atoms with Gasteiger partial charge in [-0.15, -0.1) is 0 Å². The minimum absolute atomic E-state index is 0.697. The van der Waals surface area contributed by atoms with Crippen molar-refractivity contribution in [3.63, 3.8) is 0 Å². The molecule has 3 heterocycles. The van der Waals surface area contributed by atoms with Crippen LogP contribution in [-0.4, -0.2) is 24.3 Å². The Hall–Kier alpha value is -2.63. The number of aromatic nitrogens is 5. The van der Waals surface area contributed by atoms with Crippen LogP contribution in [-0.2, 0) is 13.6 Å². The maximum absolute atomic E-state index is 5.98. The highest BCUT2D eigenvalue weighted by Crippen LogP contribution is 2.24. The summed E-state index contributed by atoms with van der Waals surface area (Å²) in [7, 11) is 1.90. The summed E-state index contributed by atoms with van der Waals surface area (Å²) in [6, 6.07) is 1.79. The fourth-order valence-corrected chi connectivity index (χ4v) is 2.04. The molecule has 0 aliphatic rings. The summed E-state index contributed by atoms with van der Waals surface area (Å²) in [5, 5.41) is 4.16. The number of hydrogen-bond donors (Lipinski definition) is 1. The number of nitrogens with two attached hydrogens (primary N) is 1. The summed E-state index contributed by atoms with van der Waals surface area (Å²) in [4.78, 5) is 8.31.